The predicted molar refractivity (Wildman–Crippen MR) is 62.2 cm³/mol. The standard InChI is InChI=1S/C12H16N2O/c1-8-4-5-9(10(13)6-8)11-14-12(2,3)7-15-11/h4-6H,7,13H2,1-3H3. The SMILES string of the molecule is Cc1ccc(C2=NC(C)(C)CO2)c(N)c1. The predicted octanol–water partition coefficient (Wildman–Crippen LogP) is 2.13. The molecule has 0 unspecified atom stereocenters. The van der Waals surface area contributed by atoms with Gasteiger partial charge in [0, 0.05) is 5.69 Å². The first-order valence-corrected chi connectivity index (χ1v) is 5.07. The molecular weight excluding hydrogens is 188 g/mol. The van der Waals surface area contributed by atoms with Crippen molar-refractivity contribution in [2.24, 2.45) is 4.99 Å². The van der Waals surface area contributed by atoms with Crippen LogP contribution in [0.3, 0.4) is 0 Å². The molecule has 1 aromatic rings. The zero-order valence-corrected chi connectivity index (χ0v) is 9.37. The number of anilines is 1. The maximum absolute atomic E-state index is 5.93. The van der Waals surface area contributed by atoms with Crippen molar-refractivity contribution in [2.75, 3.05) is 12.3 Å². The Bertz CT molecular complexity index is 422. The number of aryl methyl sites for hydroxylation is 1. The topological polar surface area (TPSA) is 47.6 Å². The van der Waals surface area contributed by atoms with Gasteiger partial charge in [0.25, 0.3) is 0 Å². The molecule has 0 aliphatic carbocycles. The van der Waals surface area contributed by atoms with Gasteiger partial charge in [-0.2, -0.15) is 0 Å². The smallest absolute Gasteiger partial charge is 0.218 e. The minimum Gasteiger partial charge on any atom is -0.475 e. The molecule has 15 heavy (non-hydrogen) atoms. The molecule has 1 aliphatic rings. The Hall–Kier alpha value is -1.51. The summed E-state index contributed by atoms with van der Waals surface area (Å²) in [5.41, 5.74) is 8.57. The fourth-order valence-electron chi connectivity index (χ4n) is 1.60. The van der Waals surface area contributed by atoms with Crippen molar-refractivity contribution >= 4 is 11.6 Å². The first-order chi connectivity index (χ1) is 6.98. The third-order valence-electron chi connectivity index (χ3n) is 2.40. The van der Waals surface area contributed by atoms with Gasteiger partial charge in [-0.3, -0.25) is 0 Å². The maximum atomic E-state index is 5.93. The lowest BCUT2D eigenvalue weighted by Crippen LogP contribution is -2.17. The van der Waals surface area contributed by atoms with E-state index < -0.39 is 0 Å². The summed E-state index contributed by atoms with van der Waals surface area (Å²) < 4.78 is 5.54. The maximum Gasteiger partial charge on any atom is 0.218 e. The molecule has 0 spiro atoms. The van der Waals surface area contributed by atoms with Gasteiger partial charge >= 0.3 is 0 Å². The van der Waals surface area contributed by atoms with E-state index in [1.54, 1.807) is 0 Å². The van der Waals surface area contributed by atoms with Crippen molar-refractivity contribution in [3.63, 3.8) is 0 Å². The van der Waals surface area contributed by atoms with Crippen LogP contribution >= 0.6 is 0 Å². The molecule has 0 bridgehead atoms. The average Bonchev–Trinajstić information content (AvgIpc) is 2.46. The van der Waals surface area contributed by atoms with Crippen molar-refractivity contribution in [2.45, 2.75) is 26.3 Å². The third-order valence-corrected chi connectivity index (χ3v) is 2.40. The Morgan fingerprint density at radius 3 is 2.67 bits per heavy atom. The van der Waals surface area contributed by atoms with Crippen LogP contribution in [0.25, 0.3) is 0 Å². The van der Waals surface area contributed by atoms with Gasteiger partial charge in [0.05, 0.1) is 11.1 Å². The van der Waals surface area contributed by atoms with E-state index in [1.165, 1.54) is 0 Å². The highest BCUT2D eigenvalue weighted by Crippen LogP contribution is 2.24. The average molecular weight is 204 g/mol. The van der Waals surface area contributed by atoms with Gasteiger partial charge in [0.2, 0.25) is 5.90 Å². The molecule has 2 N–H and O–H groups in total. The van der Waals surface area contributed by atoms with E-state index >= 15 is 0 Å². The second-order valence-electron chi connectivity index (χ2n) is 4.61. The largest absolute Gasteiger partial charge is 0.475 e. The van der Waals surface area contributed by atoms with E-state index in [2.05, 4.69) is 4.99 Å². The lowest BCUT2D eigenvalue weighted by atomic mass is 10.1. The van der Waals surface area contributed by atoms with Gasteiger partial charge in [0.15, 0.2) is 0 Å². The van der Waals surface area contributed by atoms with E-state index in [1.807, 2.05) is 39.0 Å². The zero-order chi connectivity index (χ0) is 11.1. The van der Waals surface area contributed by atoms with Crippen molar-refractivity contribution in [1.82, 2.24) is 0 Å². The molecule has 0 radical (unpaired) electrons. The minimum absolute atomic E-state index is 0.132. The molecule has 1 heterocycles. The normalized spacial score (nSPS) is 18.5. The molecule has 0 atom stereocenters. The van der Waals surface area contributed by atoms with Gasteiger partial charge in [-0.25, -0.2) is 4.99 Å². The van der Waals surface area contributed by atoms with Crippen LogP contribution < -0.4 is 5.73 Å². The molecule has 80 valence electrons. The Morgan fingerprint density at radius 2 is 2.13 bits per heavy atom. The summed E-state index contributed by atoms with van der Waals surface area (Å²) in [7, 11) is 0. The van der Waals surface area contributed by atoms with E-state index in [9.17, 15) is 0 Å². The molecule has 3 heteroatoms. The van der Waals surface area contributed by atoms with Crippen LogP contribution in [0.5, 0.6) is 0 Å². The monoisotopic (exact) mass is 204 g/mol. The van der Waals surface area contributed by atoms with Crippen LogP contribution in [0.15, 0.2) is 23.2 Å². The Balaban J connectivity index is 2.39. The molecule has 1 aliphatic heterocycles. The molecule has 0 amide bonds. The quantitative estimate of drug-likeness (QED) is 0.712. The van der Waals surface area contributed by atoms with Crippen molar-refractivity contribution in [3.05, 3.63) is 29.3 Å². The lowest BCUT2D eigenvalue weighted by Gasteiger charge is -2.07. The summed E-state index contributed by atoms with van der Waals surface area (Å²) in [6.45, 7) is 6.73. The van der Waals surface area contributed by atoms with Gasteiger partial charge < -0.3 is 10.5 Å². The number of nitrogens with two attached hydrogens (primary N) is 1. The molecule has 0 aromatic heterocycles. The lowest BCUT2D eigenvalue weighted by molar-refractivity contribution is 0.279. The van der Waals surface area contributed by atoms with Crippen LogP contribution in [0.1, 0.15) is 25.0 Å². The highest BCUT2D eigenvalue weighted by molar-refractivity contribution is 6.00. The van der Waals surface area contributed by atoms with Crippen molar-refractivity contribution in [3.8, 4) is 0 Å². The summed E-state index contributed by atoms with van der Waals surface area (Å²) in [6.07, 6.45) is 0. The van der Waals surface area contributed by atoms with Gasteiger partial charge in [-0.1, -0.05) is 6.07 Å². The highest BCUT2D eigenvalue weighted by Gasteiger charge is 2.27. The Labute approximate surface area is 90.0 Å². The number of aliphatic imine (C=N–C) groups is 1. The van der Waals surface area contributed by atoms with Gasteiger partial charge in [-0.05, 0) is 38.5 Å². The van der Waals surface area contributed by atoms with E-state index in [0.29, 0.717) is 12.5 Å². The van der Waals surface area contributed by atoms with Gasteiger partial charge in [-0.15, -0.1) is 0 Å². The van der Waals surface area contributed by atoms with Crippen LogP contribution in [-0.2, 0) is 4.74 Å². The van der Waals surface area contributed by atoms with Crippen LogP contribution in [0.2, 0.25) is 0 Å². The Kier molecular flexibility index (Phi) is 2.18. The number of benzene rings is 1. The fourth-order valence-corrected chi connectivity index (χ4v) is 1.60. The van der Waals surface area contributed by atoms with E-state index in [0.717, 1.165) is 16.8 Å². The number of nitrogens with zero attached hydrogens (tertiary/aromatic N) is 1. The second-order valence-corrected chi connectivity index (χ2v) is 4.61. The highest BCUT2D eigenvalue weighted by atomic mass is 16.5. The second kappa shape index (κ2) is 3.26. The summed E-state index contributed by atoms with van der Waals surface area (Å²) in [5.74, 6) is 0.664. The molecular formula is C12H16N2O. The van der Waals surface area contributed by atoms with E-state index in [4.69, 9.17) is 10.5 Å². The van der Waals surface area contributed by atoms with Crippen molar-refractivity contribution in [1.29, 1.82) is 0 Å². The molecule has 2 rings (SSSR count). The summed E-state index contributed by atoms with van der Waals surface area (Å²) >= 11 is 0. The number of hydrogen-bond acceptors (Lipinski definition) is 3. The fraction of sp³-hybridized carbons (Fsp3) is 0.417. The zero-order valence-electron chi connectivity index (χ0n) is 9.37. The summed E-state index contributed by atoms with van der Waals surface area (Å²) in [5, 5.41) is 0. The molecule has 0 fully saturated rings. The molecule has 0 saturated heterocycles. The van der Waals surface area contributed by atoms with Crippen LogP contribution in [-0.4, -0.2) is 18.0 Å². The molecule has 0 saturated carbocycles. The molecule has 1 aromatic carbocycles. The van der Waals surface area contributed by atoms with Crippen LogP contribution in [0.4, 0.5) is 5.69 Å². The number of hydrogen-bond donors (Lipinski definition) is 1. The number of rotatable bonds is 1. The van der Waals surface area contributed by atoms with Crippen molar-refractivity contribution < 1.29 is 4.74 Å². The number of ether oxygens (including phenoxy) is 1. The Morgan fingerprint density at radius 1 is 1.40 bits per heavy atom. The van der Waals surface area contributed by atoms with Gasteiger partial charge in [0.1, 0.15) is 6.61 Å². The first kappa shape index (κ1) is 10.0. The molecule has 3 nitrogen and oxygen atoms in total. The third kappa shape index (κ3) is 1.96. The first-order valence-electron chi connectivity index (χ1n) is 5.07. The summed E-state index contributed by atoms with van der Waals surface area (Å²) in [4.78, 5) is 4.50. The van der Waals surface area contributed by atoms with E-state index in [-0.39, 0.29) is 5.54 Å². The minimum atomic E-state index is -0.132. The van der Waals surface area contributed by atoms with Crippen LogP contribution in [0, 0.1) is 6.92 Å². The number of nitrogen functional groups attached to an aromatic ring is 1. The summed E-state index contributed by atoms with van der Waals surface area (Å²) in [6, 6.07) is 5.92.